The third kappa shape index (κ3) is 6.40. The fraction of sp³-hybridized carbons (Fsp3) is 0.571. The molecule has 1 aromatic rings. The SMILES string of the molecule is CSc1nc(NC2OC(COC(C)=O)C(OC(C)=O)C(OC(C)=O)C2OC(C)=O)c2c(n1)OCC2=O. The molecule has 0 aliphatic carbocycles. The summed E-state index contributed by atoms with van der Waals surface area (Å²) in [5.74, 6) is -3.23. The Morgan fingerprint density at radius 1 is 0.944 bits per heavy atom. The molecule has 5 atom stereocenters. The Balaban J connectivity index is 2.06. The number of hydrogen-bond acceptors (Lipinski definition) is 15. The minimum atomic E-state index is -1.37. The lowest BCUT2D eigenvalue weighted by Gasteiger charge is -2.44. The molecule has 0 spiro atoms. The van der Waals surface area contributed by atoms with E-state index in [0.717, 1.165) is 20.8 Å². The van der Waals surface area contributed by atoms with Gasteiger partial charge in [0.05, 0.1) is 0 Å². The maximum absolute atomic E-state index is 12.4. The summed E-state index contributed by atoms with van der Waals surface area (Å²) in [6.07, 6.45) is -4.79. The Bertz CT molecular complexity index is 1070. The van der Waals surface area contributed by atoms with E-state index in [1.165, 1.54) is 18.7 Å². The van der Waals surface area contributed by atoms with Crippen LogP contribution < -0.4 is 10.1 Å². The number of nitrogens with one attached hydrogen (secondary N) is 1. The minimum absolute atomic E-state index is 0.0211. The van der Waals surface area contributed by atoms with E-state index in [2.05, 4.69) is 15.3 Å². The molecule has 36 heavy (non-hydrogen) atoms. The van der Waals surface area contributed by atoms with Crippen molar-refractivity contribution in [1.82, 2.24) is 9.97 Å². The number of anilines is 1. The van der Waals surface area contributed by atoms with E-state index < -0.39 is 66.9 Å². The van der Waals surface area contributed by atoms with Gasteiger partial charge in [0, 0.05) is 27.7 Å². The van der Waals surface area contributed by atoms with Crippen molar-refractivity contribution in [2.75, 3.05) is 24.8 Å². The number of ether oxygens (including phenoxy) is 6. The smallest absolute Gasteiger partial charge is 0.303 e. The van der Waals surface area contributed by atoms with E-state index in [9.17, 15) is 24.0 Å². The third-order valence-electron chi connectivity index (χ3n) is 4.93. The van der Waals surface area contributed by atoms with Crippen molar-refractivity contribution in [1.29, 1.82) is 0 Å². The molecule has 1 aromatic heterocycles. The second kappa shape index (κ2) is 11.5. The summed E-state index contributed by atoms with van der Waals surface area (Å²) in [4.78, 5) is 68.2. The first-order valence-corrected chi connectivity index (χ1v) is 11.9. The van der Waals surface area contributed by atoms with Gasteiger partial charge in [0.2, 0.25) is 11.7 Å². The van der Waals surface area contributed by atoms with Crippen LogP contribution in [0.4, 0.5) is 5.82 Å². The standard InChI is InChI=1S/C21H25N3O11S/c1-8(25)30-7-13-15(32-9(2)26)16(33-10(3)27)17(34-11(4)28)20(35-13)22-18-14-12(29)6-31-19(14)24-21(23-18)36-5/h13,15-17,20H,6-7H2,1-5H3,(H,22,23,24). The quantitative estimate of drug-likeness (QED) is 0.210. The van der Waals surface area contributed by atoms with Crippen molar-refractivity contribution >= 4 is 47.2 Å². The molecule has 0 aromatic carbocycles. The predicted molar refractivity (Wildman–Crippen MR) is 119 cm³/mol. The number of carbonyl (C=O) groups is 5. The lowest BCUT2D eigenvalue weighted by Crippen LogP contribution is -2.64. The van der Waals surface area contributed by atoms with E-state index in [4.69, 9.17) is 28.4 Å². The molecule has 1 fully saturated rings. The molecule has 1 N–H and O–H groups in total. The Hall–Kier alpha value is -3.46. The maximum atomic E-state index is 12.4. The summed E-state index contributed by atoms with van der Waals surface area (Å²) in [6, 6.07) is 0. The molecule has 0 radical (unpaired) electrons. The molecule has 15 heteroatoms. The molecular weight excluding hydrogens is 502 g/mol. The van der Waals surface area contributed by atoms with Crippen molar-refractivity contribution < 1.29 is 52.4 Å². The number of aromatic nitrogens is 2. The molecule has 2 aliphatic heterocycles. The molecular formula is C21H25N3O11S. The maximum Gasteiger partial charge on any atom is 0.303 e. The first-order valence-electron chi connectivity index (χ1n) is 10.7. The Kier molecular flexibility index (Phi) is 8.68. The van der Waals surface area contributed by atoms with Crippen molar-refractivity contribution in [3.05, 3.63) is 5.56 Å². The van der Waals surface area contributed by atoms with Crippen LogP contribution in [0.2, 0.25) is 0 Å². The zero-order valence-electron chi connectivity index (χ0n) is 20.1. The highest BCUT2D eigenvalue weighted by atomic mass is 32.2. The van der Waals surface area contributed by atoms with Crippen LogP contribution in [0.1, 0.15) is 38.1 Å². The average molecular weight is 528 g/mol. The zero-order chi connectivity index (χ0) is 26.6. The third-order valence-corrected chi connectivity index (χ3v) is 5.47. The van der Waals surface area contributed by atoms with Gasteiger partial charge in [0.25, 0.3) is 0 Å². The highest BCUT2D eigenvalue weighted by Crippen LogP contribution is 2.34. The normalized spacial score (nSPS) is 24.7. The zero-order valence-corrected chi connectivity index (χ0v) is 20.9. The minimum Gasteiger partial charge on any atom is -0.469 e. The van der Waals surface area contributed by atoms with Gasteiger partial charge in [-0.1, -0.05) is 11.8 Å². The molecule has 0 saturated carbocycles. The number of rotatable bonds is 8. The lowest BCUT2D eigenvalue weighted by molar-refractivity contribution is -0.247. The van der Waals surface area contributed by atoms with Gasteiger partial charge in [-0.15, -0.1) is 0 Å². The van der Waals surface area contributed by atoms with E-state index in [1.807, 2.05) is 0 Å². The Morgan fingerprint density at radius 3 is 2.14 bits per heavy atom. The van der Waals surface area contributed by atoms with Gasteiger partial charge in [-0.3, -0.25) is 24.0 Å². The highest BCUT2D eigenvalue weighted by molar-refractivity contribution is 7.98. The fourth-order valence-electron chi connectivity index (χ4n) is 3.66. The number of Topliss-reactive ketones (excluding diaryl/α,β-unsaturated/α-hetero) is 1. The topological polar surface area (TPSA) is 179 Å². The largest absolute Gasteiger partial charge is 0.469 e. The number of thioether (sulfide) groups is 1. The van der Waals surface area contributed by atoms with Crippen molar-refractivity contribution in [2.24, 2.45) is 0 Å². The van der Waals surface area contributed by atoms with E-state index in [-0.39, 0.29) is 29.0 Å². The molecule has 0 amide bonds. The van der Waals surface area contributed by atoms with Crippen LogP contribution in [0, 0.1) is 0 Å². The van der Waals surface area contributed by atoms with E-state index in [0.29, 0.717) is 0 Å². The van der Waals surface area contributed by atoms with Gasteiger partial charge in [0.1, 0.15) is 24.1 Å². The number of esters is 4. The number of carbonyl (C=O) groups excluding carboxylic acids is 5. The average Bonchev–Trinajstić information content (AvgIpc) is 3.16. The molecule has 3 heterocycles. The summed E-state index contributed by atoms with van der Waals surface area (Å²) in [7, 11) is 0. The first-order chi connectivity index (χ1) is 17.0. The van der Waals surface area contributed by atoms with Crippen molar-refractivity contribution in [3.8, 4) is 5.88 Å². The van der Waals surface area contributed by atoms with Crippen molar-refractivity contribution in [2.45, 2.75) is 63.5 Å². The molecule has 0 bridgehead atoms. The van der Waals surface area contributed by atoms with Crippen LogP contribution in [-0.2, 0) is 42.9 Å². The van der Waals surface area contributed by atoms with Crippen LogP contribution in [0.15, 0.2) is 5.16 Å². The monoisotopic (exact) mass is 527 g/mol. The van der Waals surface area contributed by atoms with Crippen molar-refractivity contribution in [3.63, 3.8) is 0 Å². The van der Waals surface area contributed by atoms with Crippen LogP contribution in [0.3, 0.4) is 0 Å². The Morgan fingerprint density at radius 2 is 1.56 bits per heavy atom. The van der Waals surface area contributed by atoms with Crippen LogP contribution >= 0.6 is 11.8 Å². The van der Waals surface area contributed by atoms with Gasteiger partial charge in [0.15, 0.2) is 36.3 Å². The summed E-state index contributed by atoms with van der Waals surface area (Å²) in [6.45, 7) is 3.90. The molecule has 2 aliphatic rings. The van der Waals surface area contributed by atoms with Gasteiger partial charge in [-0.25, -0.2) is 4.98 Å². The number of fused-ring (bicyclic) bond motifs is 1. The van der Waals surface area contributed by atoms with Crippen LogP contribution in [0.5, 0.6) is 5.88 Å². The molecule has 5 unspecified atom stereocenters. The van der Waals surface area contributed by atoms with Crippen LogP contribution in [-0.4, -0.2) is 89.7 Å². The summed E-state index contributed by atoms with van der Waals surface area (Å²) < 4.78 is 32.5. The molecule has 14 nitrogen and oxygen atoms in total. The Labute approximate surface area is 209 Å². The number of hydrogen-bond donors (Lipinski definition) is 1. The highest BCUT2D eigenvalue weighted by Gasteiger charge is 2.52. The number of ketones is 1. The second-order valence-electron chi connectivity index (χ2n) is 7.72. The molecule has 1 saturated heterocycles. The number of nitrogens with zero attached hydrogens (tertiary/aromatic N) is 2. The fourth-order valence-corrected chi connectivity index (χ4v) is 4.01. The summed E-state index contributed by atoms with van der Waals surface area (Å²) in [5, 5.41) is 3.17. The predicted octanol–water partition coefficient (Wildman–Crippen LogP) is 0.269. The first kappa shape index (κ1) is 27.1. The van der Waals surface area contributed by atoms with Gasteiger partial charge in [-0.05, 0) is 6.26 Å². The second-order valence-corrected chi connectivity index (χ2v) is 8.49. The van der Waals surface area contributed by atoms with Crippen LogP contribution in [0.25, 0.3) is 0 Å². The molecule has 196 valence electrons. The van der Waals surface area contributed by atoms with Gasteiger partial charge >= 0.3 is 23.9 Å². The van der Waals surface area contributed by atoms with Gasteiger partial charge < -0.3 is 33.7 Å². The molecule has 3 rings (SSSR count). The summed E-state index contributed by atoms with van der Waals surface area (Å²) in [5.41, 5.74) is 0.0562. The lowest BCUT2D eigenvalue weighted by atomic mass is 9.97. The summed E-state index contributed by atoms with van der Waals surface area (Å²) >= 11 is 1.19. The van der Waals surface area contributed by atoms with E-state index in [1.54, 1.807) is 6.26 Å². The van der Waals surface area contributed by atoms with Gasteiger partial charge in [-0.2, -0.15) is 4.98 Å². The van der Waals surface area contributed by atoms with E-state index >= 15 is 0 Å².